The van der Waals surface area contributed by atoms with Gasteiger partial charge in [-0.1, -0.05) is 41.9 Å². The molecule has 2 nitrogen and oxygen atoms in total. The van der Waals surface area contributed by atoms with Crippen LogP contribution in [-0.2, 0) is 0 Å². The first-order valence-electron chi connectivity index (χ1n) is 7.05. The van der Waals surface area contributed by atoms with Crippen molar-refractivity contribution >= 4 is 11.6 Å². The molecule has 3 heteroatoms. The highest BCUT2D eigenvalue weighted by atomic mass is 35.5. The van der Waals surface area contributed by atoms with Crippen molar-refractivity contribution in [3.8, 4) is 16.9 Å². The first-order valence-corrected chi connectivity index (χ1v) is 7.43. The molecule has 1 N–H and O–H groups in total. The van der Waals surface area contributed by atoms with E-state index in [1.807, 2.05) is 36.4 Å². The Morgan fingerprint density at radius 2 is 1.75 bits per heavy atom. The average molecular weight is 288 g/mol. The predicted molar refractivity (Wildman–Crippen MR) is 83.4 cm³/mol. The summed E-state index contributed by atoms with van der Waals surface area (Å²) in [7, 11) is 0. The maximum atomic E-state index is 6.20. The molecule has 0 bridgehead atoms. The van der Waals surface area contributed by atoms with Crippen molar-refractivity contribution in [1.82, 2.24) is 5.32 Å². The smallest absolute Gasteiger partial charge is 0.127 e. The van der Waals surface area contributed by atoms with Gasteiger partial charge in [0.15, 0.2) is 0 Å². The lowest BCUT2D eigenvalue weighted by atomic mass is 10.0. The molecule has 0 atom stereocenters. The molecular formula is C17H18ClNO. The van der Waals surface area contributed by atoms with E-state index in [9.17, 15) is 0 Å². The van der Waals surface area contributed by atoms with Crippen LogP contribution < -0.4 is 10.1 Å². The first-order chi connectivity index (χ1) is 9.83. The molecule has 104 valence electrons. The van der Waals surface area contributed by atoms with Gasteiger partial charge in [-0.3, -0.25) is 0 Å². The molecule has 1 saturated heterocycles. The molecule has 0 aliphatic carbocycles. The number of benzene rings is 2. The van der Waals surface area contributed by atoms with Crippen LogP contribution >= 0.6 is 11.6 Å². The van der Waals surface area contributed by atoms with Gasteiger partial charge in [0.1, 0.15) is 11.9 Å². The number of nitrogens with one attached hydrogen (secondary N) is 1. The fourth-order valence-corrected chi connectivity index (χ4v) is 2.71. The minimum atomic E-state index is 0.292. The predicted octanol–water partition coefficient (Wildman–Crippen LogP) is 4.14. The molecular weight excluding hydrogens is 270 g/mol. The summed E-state index contributed by atoms with van der Waals surface area (Å²) in [5, 5.41) is 4.09. The van der Waals surface area contributed by atoms with E-state index in [1.165, 1.54) is 0 Å². The third-order valence-corrected chi connectivity index (χ3v) is 3.84. The molecule has 2 aromatic carbocycles. The molecule has 2 aromatic rings. The van der Waals surface area contributed by atoms with E-state index in [0.29, 0.717) is 6.10 Å². The first kappa shape index (κ1) is 13.5. The topological polar surface area (TPSA) is 21.3 Å². The fraction of sp³-hybridized carbons (Fsp3) is 0.294. The minimum Gasteiger partial charge on any atom is -0.490 e. The van der Waals surface area contributed by atoms with Crippen LogP contribution in [0.1, 0.15) is 12.8 Å². The SMILES string of the molecule is Clc1ccc(OC2CCNCC2)c(-c2ccccc2)c1. The lowest BCUT2D eigenvalue weighted by molar-refractivity contribution is 0.163. The molecule has 0 saturated carbocycles. The largest absolute Gasteiger partial charge is 0.490 e. The van der Waals surface area contributed by atoms with Crippen molar-refractivity contribution in [1.29, 1.82) is 0 Å². The Labute approximate surface area is 124 Å². The van der Waals surface area contributed by atoms with E-state index in [1.54, 1.807) is 0 Å². The third kappa shape index (κ3) is 3.14. The molecule has 0 radical (unpaired) electrons. The Bertz CT molecular complexity index is 564. The van der Waals surface area contributed by atoms with Crippen LogP contribution in [0.2, 0.25) is 5.02 Å². The van der Waals surface area contributed by atoms with Crippen molar-refractivity contribution < 1.29 is 4.74 Å². The third-order valence-electron chi connectivity index (χ3n) is 3.61. The molecule has 1 aliphatic heterocycles. The van der Waals surface area contributed by atoms with E-state index < -0.39 is 0 Å². The average Bonchev–Trinajstić information content (AvgIpc) is 2.51. The molecule has 1 fully saturated rings. The highest BCUT2D eigenvalue weighted by Gasteiger charge is 2.16. The van der Waals surface area contributed by atoms with Gasteiger partial charge in [0.25, 0.3) is 0 Å². The molecule has 0 spiro atoms. The van der Waals surface area contributed by atoms with Crippen molar-refractivity contribution in [2.24, 2.45) is 0 Å². The highest BCUT2D eigenvalue weighted by molar-refractivity contribution is 6.31. The summed E-state index contributed by atoms with van der Waals surface area (Å²) in [6.07, 6.45) is 2.40. The molecule has 3 rings (SSSR count). The molecule has 0 amide bonds. The van der Waals surface area contributed by atoms with Gasteiger partial charge in [-0.15, -0.1) is 0 Å². The van der Waals surface area contributed by atoms with Gasteiger partial charge in [-0.2, -0.15) is 0 Å². The summed E-state index contributed by atoms with van der Waals surface area (Å²) in [4.78, 5) is 0. The Morgan fingerprint density at radius 1 is 1.00 bits per heavy atom. The van der Waals surface area contributed by atoms with E-state index in [4.69, 9.17) is 16.3 Å². The highest BCUT2D eigenvalue weighted by Crippen LogP contribution is 2.33. The van der Waals surface area contributed by atoms with E-state index in [2.05, 4.69) is 17.4 Å². The zero-order chi connectivity index (χ0) is 13.8. The Kier molecular flexibility index (Phi) is 4.24. The molecule has 0 unspecified atom stereocenters. The standard InChI is InChI=1S/C17H18ClNO/c18-14-6-7-17(20-15-8-10-19-11-9-15)16(12-14)13-4-2-1-3-5-13/h1-7,12,15,19H,8-11H2. The van der Waals surface area contributed by atoms with E-state index in [-0.39, 0.29) is 0 Å². The van der Waals surface area contributed by atoms with Gasteiger partial charge in [0.05, 0.1) is 0 Å². The zero-order valence-electron chi connectivity index (χ0n) is 11.3. The van der Waals surface area contributed by atoms with Gasteiger partial charge in [-0.25, -0.2) is 0 Å². The molecule has 20 heavy (non-hydrogen) atoms. The normalized spacial score (nSPS) is 16.1. The maximum absolute atomic E-state index is 6.20. The summed E-state index contributed by atoms with van der Waals surface area (Å²) in [5.41, 5.74) is 2.20. The van der Waals surface area contributed by atoms with Gasteiger partial charge in [0.2, 0.25) is 0 Å². The number of ether oxygens (including phenoxy) is 1. The zero-order valence-corrected chi connectivity index (χ0v) is 12.1. The lowest BCUT2D eigenvalue weighted by Crippen LogP contribution is -2.34. The second kappa shape index (κ2) is 6.29. The van der Waals surface area contributed by atoms with E-state index >= 15 is 0 Å². The summed E-state index contributed by atoms with van der Waals surface area (Å²) in [6, 6.07) is 16.1. The second-order valence-corrected chi connectivity index (χ2v) is 5.51. The number of rotatable bonds is 3. The summed E-state index contributed by atoms with van der Waals surface area (Å²) < 4.78 is 6.20. The Morgan fingerprint density at radius 3 is 2.50 bits per heavy atom. The molecule has 1 aliphatic rings. The Hall–Kier alpha value is -1.51. The number of halogens is 1. The van der Waals surface area contributed by atoms with Crippen LogP contribution in [0, 0.1) is 0 Å². The number of piperidine rings is 1. The fourth-order valence-electron chi connectivity index (χ4n) is 2.54. The number of hydrogen-bond donors (Lipinski definition) is 1. The van der Waals surface area contributed by atoms with Crippen LogP contribution in [0.15, 0.2) is 48.5 Å². The Balaban J connectivity index is 1.90. The van der Waals surface area contributed by atoms with Gasteiger partial charge in [-0.05, 0) is 49.7 Å². The van der Waals surface area contributed by atoms with Crippen LogP contribution in [0.3, 0.4) is 0 Å². The van der Waals surface area contributed by atoms with E-state index in [0.717, 1.165) is 47.8 Å². The van der Waals surface area contributed by atoms with Crippen molar-refractivity contribution in [3.63, 3.8) is 0 Å². The molecule has 1 heterocycles. The van der Waals surface area contributed by atoms with Crippen LogP contribution in [-0.4, -0.2) is 19.2 Å². The van der Waals surface area contributed by atoms with Crippen LogP contribution in [0.5, 0.6) is 5.75 Å². The van der Waals surface area contributed by atoms with Crippen LogP contribution in [0.4, 0.5) is 0 Å². The maximum Gasteiger partial charge on any atom is 0.127 e. The monoisotopic (exact) mass is 287 g/mol. The van der Waals surface area contributed by atoms with Gasteiger partial charge in [0, 0.05) is 10.6 Å². The van der Waals surface area contributed by atoms with Crippen molar-refractivity contribution in [3.05, 3.63) is 53.6 Å². The summed E-state index contributed by atoms with van der Waals surface area (Å²) in [6.45, 7) is 2.05. The summed E-state index contributed by atoms with van der Waals surface area (Å²) >= 11 is 6.14. The van der Waals surface area contributed by atoms with Crippen molar-refractivity contribution in [2.75, 3.05) is 13.1 Å². The van der Waals surface area contributed by atoms with Crippen LogP contribution in [0.25, 0.3) is 11.1 Å². The second-order valence-electron chi connectivity index (χ2n) is 5.07. The van der Waals surface area contributed by atoms with Crippen molar-refractivity contribution in [2.45, 2.75) is 18.9 Å². The summed E-state index contributed by atoms with van der Waals surface area (Å²) in [5.74, 6) is 0.924. The minimum absolute atomic E-state index is 0.292. The lowest BCUT2D eigenvalue weighted by Gasteiger charge is -2.25. The van der Waals surface area contributed by atoms with Gasteiger partial charge < -0.3 is 10.1 Å². The number of hydrogen-bond acceptors (Lipinski definition) is 2. The molecule has 0 aromatic heterocycles. The van der Waals surface area contributed by atoms with Gasteiger partial charge >= 0.3 is 0 Å². The quantitative estimate of drug-likeness (QED) is 0.916.